The third kappa shape index (κ3) is 3.03. The first-order valence-electron chi connectivity index (χ1n) is 4.25. The van der Waals surface area contributed by atoms with Crippen LogP contribution in [0.25, 0.3) is 0 Å². The molecule has 0 aromatic heterocycles. The van der Waals surface area contributed by atoms with Gasteiger partial charge in [0.2, 0.25) is 0 Å². The minimum absolute atomic E-state index is 0.0869. The molecule has 0 N–H and O–H groups in total. The lowest BCUT2D eigenvalue weighted by atomic mass is 10.1. The molecule has 0 bridgehead atoms. The van der Waals surface area contributed by atoms with Gasteiger partial charge in [-0.25, -0.2) is 8.78 Å². The second kappa shape index (κ2) is 4.72. The molecule has 0 radical (unpaired) electrons. The van der Waals surface area contributed by atoms with Gasteiger partial charge in [0.05, 0.1) is 12.6 Å². The Morgan fingerprint density at radius 2 is 2.00 bits per heavy atom. The predicted molar refractivity (Wildman–Crippen MR) is 42.5 cm³/mol. The fraction of sp³-hybridized carbons (Fsp3) is 1.00. The fourth-order valence-electron chi connectivity index (χ4n) is 1.52. The first-order valence-corrected chi connectivity index (χ1v) is 4.25. The number of nitrogens with zero attached hydrogens (tertiary/aromatic N) is 1. The van der Waals surface area contributed by atoms with Gasteiger partial charge in [0.25, 0.3) is 6.43 Å². The summed E-state index contributed by atoms with van der Waals surface area (Å²) in [6.07, 6.45) is -0.171. The van der Waals surface area contributed by atoms with Gasteiger partial charge in [0.1, 0.15) is 0 Å². The summed E-state index contributed by atoms with van der Waals surface area (Å²) in [6.45, 7) is 1.39. The number of methoxy groups -OCH3 is 1. The maximum absolute atomic E-state index is 11.9. The number of alkyl halides is 2. The number of piperidine rings is 1. The van der Waals surface area contributed by atoms with Gasteiger partial charge in [-0.15, -0.1) is 0 Å². The van der Waals surface area contributed by atoms with Crippen molar-refractivity contribution in [2.45, 2.75) is 25.4 Å². The molecule has 0 amide bonds. The molecule has 1 saturated heterocycles. The summed E-state index contributed by atoms with van der Waals surface area (Å²) < 4.78 is 29.0. The minimum Gasteiger partial charge on any atom is -0.381 e. The van der Waals surface area contributed by atoms with Gasteiger partial charge in [-0.05, 0) is 12.8 Å². The normalized spacial score (nSPS) is 22.0. The molecule has 72 valence electrons. The van der Waals surface area contributed by atoms with E-state index in [0.29, 0.717) is 0 Å². The third-order valence-corrected chi connectivity index (χ3v) is 2.26. The van der Waals surface area contributed by atoms with Crippen molar-refractivity contribution in [3.8, 4) is 0 Å². The number of ether oxygens (including phenoxy) is 1. The van der Waals surface area contributed by atoms with Gasteiger partial charge in [-0.3, -0.25) is 4.90 Å². The van der Waals surface area contributed by atoms with Gasteiger partial charge >= 0.3 is 0 Å². The van der Waals surface area contributed by atoms with Crippen molar-refractivity contribution in [3.05, 3.63) is 0 Å². The Balaban J connectivity index is 2.17. The number of halogens is 2. The van der Waals surface area contributed by atoms with Crippen LogP contribution in [0.1, 0.15) is 12.8 Å². The maximum atomic E-state index is 11.9. The molecule has 1 aliphatic rings. The molecule has 0 atom stereocenters. The van der Waals surface area contributed by atoms with E-state index < -0.39 is 6.43 Å². The monoisotopic (exact) mass is 179 g/mol. The highest BCUT2D eigenvalue weighted by Gasteiger charge is 2.20. The lowest BCUT2D eigenvalue weighted by molar-refractivity contribution is 0.0177. The molecule has 1 aliphatic heterocycles. The molecule has 1 fully saturated rings. The van der Waals surface area contributed by atoms with Crippen molar-refractivity contribution in [1.82, 2.24) is 4.90 Å². The predicted octanol–water partition coefficient (Wildman–Crippen LogP) is 1.36. The van der Waals surface area contributed by atoms with E-state index in [1.54, 1.807) is 12.0 Å². The molecule has 0 spiro atoms. The minimum atomic E-state index is -2.20. The van der Waals surface area contributed by atoms with Crippen LogP contribution in [0.15, 0.2) is 0 Å². The molecular formula is C8H15F2NO. The Hall–Kier alpha value is -0.220. The molecule has 4 heteroatoms. The summed E-state index contributed by atoms with van der Waals surface area (Å²) in [6, 6.07) is 0. The molecule has 12 heavy (non-hydrogen) atoms. The van der Waals surface area contributed by atoms with Crippen molar-refractivity contribution >= 4 is 0 Å². The van der Waals surface area contributed by atoms with Crippen LogP contribution >= 0.6 is 0 Å². The highest BCUT2D eigenvalue weighted by molar-refractivity contribution is 4.72. The zero-order chi connectivity index (χ0) is 8.97. The highest BCUT2D eigenvalue weighted by atomic mass is 19.3. The van der Waals surface area contributed by atoms with Crippen molar-refractivity contribution in [3.63, 3.8) is 0 Å². The maximum Gasteiger partial charge on any atom is 0.251 e. The van der Waals surface area contributed by atoms with E-state index in [4.69, 9.17) is 4.74 Å². The first-order chi connectivity index (χ1) is 5.72. The van der Waals surface area contributed by atoms with Crippen LogP contribution in [-0.4, -0.2) is 44.2 Å². The van der Waals surface area contributed by atoms with E-state index in [9.17, 15) is 8.78 Å². The SMILES string of the molecule is COC1CCN(CC(F)F)CC1. The summed E-state index contributed by atoms with van der Waals surface area (Å²) >= 11 is 0. The highest BCUT2D eigenvalue weighted by Crippen LogP contribution is 2.13. The summed E-state index contributed by atoms with van der Waals surface area (Å²) in [7, 11) is 1.67. The van der Waals surface area contributed by atoms with Crippen molar-refractivity contribution in [2.75, 3.05) is 26.7 Å². The molecule has 0 unspecified atom stereocenters. The quantitative estimate of drug-likeness (QED) is 0.648. The van der Waals surface area contributed by atoms with Crippen LogP contribution in [-0.2, 0) is 4.74 Å². The second-order valence-electron chi connectivity index (χ2n) is 3.13. The van der Waals surface area contributed by atoms with E-state index in [-0.39, 0.29) is 12.6 Å². The Bertz CT molecular complexity index is 124. The summed E-state index contributed by atoms with van der Waals surface area (Å²) in [5.41, 5.74) is 0. The van der Waals surface area contributed by atoms with E-state index in [0.717, 1.165) is 25.9 Å². The Kier molecular flexibility index (Phi) is 3.88. The van der Waals surface area contributed by atoms with E-state index in [1.165, 1.54) is 0 Å². The average Bonchev–Trinajstić information content (AvgIpc) is 2.05. The van der Waals surface area contributed by atoms with Gasteiger partial charge in [-0.1, -0.05) is 0 Å². The lowest BCUT2D eigenvalue weighted by Crippen LogP contribution is -2.39. The van der Waals surface area contributed by atoms with Crippen molar-refractivity contribution in [1.29, 1.82) is 0 Å². The standard InChI is InChI=1S/C8H15F2NO/c1-12-7-2-4-11(5-3-7)6-8(9)10/h7-8H,2-6H2,1H3. The lowest BCUT2D eigenvalue weighted by Gasteiger charge is -2.30. The molecule has 0 aromatic rings. The van der Waals surface area contributed by atoms with Crippen LogP contribution in [0.3, 0.4) is 0 Å². The van der Waals surface area contributed by atoms with Crippen LogP contribution in [0.5, 0.6) is 0 Å². The Morgan fingerprint density at radius 3 is 2.42 bits per heavy atom. The van der Waals surface area contributed by atoms with Gasteiger partial charge in [0, 0.05) is 20.2 Å². The fourth-order valence-corrected chi connectivity index (χ4v) is 1.52. The third-order valence-electron chi connectivity index (χ3n) is 2.26. The number of likely N-dealkylation sites (tertiary alicyclic amines) is 1. The number of rotatable bonds is 3. The number of hydrogen-bond donors (Lipinski definition) is 0. The second-order valence-corrected chi connectivity index (χ2v) is 3.13. The molecular weight excluding hydrogens is 164 g/mol. The number of hydrogen-bond acceptors (Lipinski definition) is 2. The molecule has 2 nitrogen and oxygen atoms in total. The van der Waals surface area contributed by atoms with Crippen LogP contribution in [0.2, 0.25) is 0 Å². The Labute approximate surface area is 71.5 Å². The van der Waals surface area contributed by atoms with Crippen LogP contribution in [0.4, 0.5) is 8.78 Å². The smallest absolute Gasteiger partial charge is 0.251 e. The van der Waals surface area contributed by atoms with E-state index in [1.807, 2.05) is 0 Å². The van der Waals surface area contributed by atoms with Crippen LogP contribution in [0, 0.1) is 0 Å². The first kappa shape index (κ1) is 9.86. The van der Waals surface area contributed by atoms with Crippen LogP contribution < -0.4 is 0 Å². The molecule has 0 saturated carbocycles. The van der Waals surface area contributed by atoms with E-state index >= 15 is 0 Å². The van der Waals surface area contributed by atoms with Crippen molar-refractivity contribution in [2.24, 2.45) is 0 Å². The summed E-state index contributed by atoms with van der Waals surface area (Å²) in [4.78, 5) is 1.79. The van der Waals surface area contributed by atoms with E-state index in [2.05, 4.69) is 0 Å². The van der Waals surface area contributed by atoms with Gasteiger partial charge < -0.3 is 4.74 Å². The zero-order valence-electron chi connectivity index (χ0n) is 7.30. The topological polar surface area (TPSA) is 12.5 Å². The molecule has 0 aliphatic carbocycles. The van der Waals surface area contributed by atoms with Gasteiger partial charge in [0.15, 0.2) is 0 Å². The molecule has 1 heterocycles. The Morgan fingerprint density at radius 1 is 1.42 bits per heavy atom. The molecule has 1 rings (SSSR count). The van der Waals surface area contributed by atoms with Gasteiger partial charge in [-0.2, -0.15) is 0 Å². The molecule has 0 aromatic carbocycles. The average molecular weight is 179 g/mol. The van der Waals surface area contributed by atoms with Crippen molar-refractivity contribution < 1.29 is 13.5 Å². The summed E-state index contributed by atoms with van der Waals surface area (Å²) in [5, 5.41) is 0. The zero-order valence-corrected chi connectivity index (χ0v) is 7.30. The largest absolute Gasteiger partial charge is 0.381 e. The summed E-state index contributed by atoms with van der Waals surface area (Å²) in [5.74, 6) is 0.